The van der Waals surface area contributed by atoms with Crippen LogP contribution >= 0.6 is 0 Å². The molecular weight excluding hydrogens is 368 g/mol. The third-order valence-corrected chi connectivity index (χ3v) is 7.01. The smallest absolute Gasteiger partial charge is 0.254 e. The van der Waals surface area contributed by atoms with Crippen molar-refractivity contribution in [2.45, 2.75) is 25.4 Å². The number of tetrazole rings is 1. The lowest BCUT2D eigenvalue weighted by Gasteiger charge is -2.44. The van der Waals surface area contributed by atoms with Gasteiger partial charge in [0.1, 0.15) is 0 Å². The summed E-state index contributed by atoms with van der Waals surface area (Å²) in [6, 6.07) is 6.64. The zero-order chi connectivity index (χ0) is 19.0. The van der Waals surface area contributed by atoms with Crippen molar-refractivity contribution in [1.82, 2.24) is 30.4 Å². The lowest BCUT2D eigenvalue weighted by atomic mass is 10.0. The summed E-state index contributed by atoms with van der Waals surface area (Å²) in [5.41, 5.74) is 1.05. The number of sulfone groups is 1. The monoisotopic (exact) mass is 390 g/mol. The van der Waals surface area contributed by atoms with Gasteiger partial charge >= 0.3 is 0 Å². The molecule has 9 nitrogen and oxygen atoms in total. The third kappa shape index (κ3) is 3.34. The highest BCUT2D eigenvalue weighted by atomic mass is 32.2. The maximum atomic E-state index is 13.4. The second kappa shape index (κ2) is 7.01. The van der Waals surface area contributed by atoms with Crippen molar-refractivity contribution in [3.63, 3.8) is 0 Å². The molecule has 2 atom stereocenters. The number of carbonyl (C=O) groups excluding carboxylic acids is 1. The molecule has 0 bridgehead atoms. The van der Waals surface area contributed by atoms with Crippen LogP contribution in [0.1, 0.15) is 23.7 Å². The summed E-state index contributed by atoms with van der Waals surface area (Å²) in [6.07, 6.45) is 0.956. The van der Waals surface area contributed by atoms with E-state index in [1.807, 2.05) is 6.07 Å². The SMILES string of the molecule is CCCN1CCN(C(=O)c2ccccc2-c2nn[nH]n2)[C@@H]2CS(=O)(=O)C[C@@H]21. The van der Waals surface area contributed by atoms with Crippen LogP contribution in [-0.2, 0) is 9.84 Å². The van der Waals surface area contributed by atoms with Crippen LogP contribution in [0.2, 0.25) is 0 Å². The number of hydrogen-bond acceptors (Lipinski definition) is 7. The van der Waals surface area contributed by atoms with Crippen LogP contribution in [0.15, 0.2) is 24.3 Å². The number of nitrogens with zero attached hydrogens (tertiary/aromatic N) is 5. The fraction of sp³-hybridized carbons (Fsp3) is 0.529. The fourth-order valence-corrected chi connectivity index (χ4v) is 6.15. The summed E-state index contributed by atoms with van der Waals surface area (Å²) in [6.45, 7) is 4.12. The van der Waals surface area contributed by atoms with Crippen LogP contribution < -0.4 is 0 Å². The van der Waals surface area contributed by atoms with Gasteiger partial charge in [0.2, 0.25) is 5.82 Å². The molecule has 1 aromatic heterocycles. The fourth-order valence-electron chi connectivity index (χ4n) is 4.14. The second-order valence-corrected chi connectivity index (χ2v) is 9.18. The molecule has 4 rings (SSSR count). The first-order valence-electron chi connectivity index (χ1n) is 9.08. The van der Waals surface area contributed by atoms with Gasteiger partial charge in [-0.1, -0.05) is 25.1 Å². The average molecular weight is 390 g/mol. The minimum Gasteiger partial charge on any atom is -0.332 e. The van der Waals surface area contributed by atoms with E-state index in [9.17, 15) is 13.2 Å². The molecule has 10 heteroatoms. The Morgan fingerprint density at radius 2 is 2.00 bits per heavy atom. The van der Waals surface area contributed by atoms with Gasteiger partial charge < -0.3 is 4.90 Å². The van der Waals surface area contributed by atoms with Gasteiger partial charge in [0, 0.05) is 24.7 Å². The molecule has 2 fully saturated rings. The van der Waals surface area contributed by atoms with E-state index in [1.54, 1.807) is 23.1 Å². The van der Waals surface area contributed by atoms with Gasteiger partial charge in [-0.2, -0.15) is 5.21 Å². The zero-order valence-electron chi connectivity index (χ0n) is 15.1. The number of nitrogens with one attached hydrogen (secondary N) is 1. The van der Waals surface area contributed by atoms with Crippen LogP contribution in [0, 0.1) is 0 Å². The largest absolute Gasteiger partial charge is 0.332 e. The molecule has 1 amide bonds. The van der Waals surface area contributed by atoms with Gasteiger partial charge in [0.05, 0.1) is 23.1 Å². The zero-order valence-corrected chi connectivity index (χ0v) is 15.9. The van der Waals surface area contributed by atoms with E-state index in [4.69, 9.17) is 0 Å². The Bertz CT molecular complexity index is 930. The van der Waals surface area contributed by atoms with Crippen LogP contribution in [0.25, 0.3) is 11.4 Å². The normalized spacial score (nSPS) is 24.7. The standard InChI is InChI=1S/C17H22N6O3S/c1-2-7-22-8-9-23(15-11-27(25,26)10-14(15)22)17(24)13-6-4-3-5-12(13)16-18-20-21-19-16/h3-6,14-15H,2,7-11H2,1H3,(H,18,19,20,21)/t14-,15+/m0/s1. The summed E-state index contributed by atoms with van der Waals surface area (Å²) >= 11 is 0. The third-order valence-electron chi connectivity index (χ3n) is 5.31. The average Bonchev–Trinajstić information content (AvgIpc) is 3.28. The van der Waals surface area contributed by atoms with Crippen molar-refractivity contribution in [2.24, 2.45) is 0 Å². The number of aromatic amines is 1. The summed E-state index contributed by atoms with van der Waals surface area (Å²) in [7, 11) is -3.16. The summed E-state index contributed by atoms with van der Waals surface area (Å²) in [5, 5.41) is 13.9. The van der Waals surface area contributed by atoms with Crippen molar-refractivity contribution < 1.29 is 13.2 Å². The molecule has 0 spiro atoms. The van der Waals surface area contributed by atoms with Gasteiger partial charge in [-0.3, -0.25) is 9.69 Å². The van der Waals surface area contributed by atoms with Crippen LogP contribution in [0.3, 0.4) is 0 Å². The Kier molecular flexibility index (Phi) is 4.68. The molecule has 1 aromatic carbocycles. The Labute approximate surface area is 157 Å². The number of aromatic nitrogens is 4. The van der Waals surface area contributed by atoms with Crippen molar-refractivity contribution in [1.29, 1.82) is 0 Å². The number of fused-ring (bicyclic) bond motifs is 1. The Balaban J connectivity index is 1.67. The number of carbonyl (C=O) groups is 1. The maximum absolute atomic E-state index is 13.4. The molecule has 0 saturated carbocycles. The highest BCUT2D eigenvalue weighted by molar-refractivity contribution is 7.91. The first-order chi connectivity index (χ1) is 13.0. The molecule has 2 saturated heterocycles. The first-order valence-corrected chi connectivity index (χ1v) is 10.9. The van der Waals surface area contributed by atoms with Gasteiger partial charge in [-0.15, -0.1) is 10.2 Å². The van der Waals surface area contributed by atoms with Gasteiger partial charge in [-0.25, -0.2) is 8.42 Å². The number of amides is 1. The van der Waals surface area contributed by atoms with Crippen molar-refractivity contribution >= 4 is 15.7 Å². The van der Waals surface area contributed by atoms with E-state index in [0.29, 0.717) is 30.0 Å². The van der Waals surface area contributed by atoms with E-state index < -0.39 is 9.84 Å². The van der Waals surface area contributed by atoms with E-state index in [-0.39, 0.29) is 29.5 Å². The number of piperazine rings is 1. The molecule has 0 aliphatic carbocycles. The topological polar surface area (TPSA) is 112 Å². The van der Waals surface area contributed by atoms with Gasteiger partial charge in [-0.05, 0) is 24.2 Å². The van der Waals surface area contributed by atoms with E-state index in [1.165, 1.54) is 0 Å². The van der Waals surface area contributed by atoms with Crippen molar-refractivity contribution in [3.8, 4) is 11.4 Å². The van der Waals surface area contributed by atoms with Gasteiger partial charge in [0.15, 0.2) is 9.84 Å². The van der Waals surface area contributed by atoms with Gasteiger partial charge in [0.25, 0.3) is 5.91 Å². The predicted molar refractivity (Wildman–Crippen MR) is 98.7 cm³/mol. The summed E-state index contributed by atoms with van der Waals surface area (Å²) < 4.78 is 24.6. The highest BCUT2D eigenvalue weighted by Gasteiger charge is 2.48. The Morgan fingerprint density at radius 1 is 1.22 bits per heavy atom. The van der Waals surface area contributed by atoms with Crippen LogP contribution in [0.4, 0.5) is 0 Å². The number of benzene rings is 1. The lowest BCUT2D eigenvalue weighted by Crippen LogP contribution is -2.60. The maximum Gasteiger partial charge on any atom is 0.254 e. The number of rotatable bonds is 4. The van der Waals surface area contributed by atoms with Crippen LogP contribution in [0.5, 0.6) is 0 Å². The summed E-state index contributed by atoms with van der Waals surface area (Å²) in [5.74, 6) is 0.305. The molecule has 2 aliphatic heterocycles. The molecule has 27 heavy (non-hydrogen) atoms. The van der Waals surface area contributed by atoms with E-state index in [2.05, 4.69) is 32.4 Å². The Morgan fingerprint density at radius 3 is 2.74 bits per heavy atom. The predicted octanol–water partition coefficient (Wildman–Crippen LogP) is 0.200. The lowest BCUT2D eigenvalue weighted by molar-refractivity contribution is 0.0333. The number of hydrogen-bond donors (Lipinski definition) is 1. The molecule has 0 radical (unpaired) electrons. The highest BCUT2D eigenvalue weighted by Crippen LogP contribution is 2.30. The molecule has 144 valence electrons. The molecule has 2 aromatic rings. The molecule has 0 unspecified atom stereocenters. The van der Waals surface area contributed by atoms with Crippen LogP contribution in [-0.4, -0.2) is 88.0 Å². The Hall–Kier alpha value is -2.33. The second-order valence-electron chi connectivity index (χ2n) is 7.03. The van der Waals surface area contributed by atoms with Crippen molar-refractivity contribution in [2.75, 3.05) is 31.1 Å². The van der Waals surface area contributed by atoms with E-state index >= 15 is 0 Å². The van der Waals surface area contributed by atoms with Crippen molar-refractivity contribution in [3.05, 3.63) is 29.8 Å². The minimum absolute atomic E-state index is 0.0218. The quantitative estimate of drug-likeness (QED) is 0.793. The minimum atomic E-state index is -3.16. The molecular formula is C17H22N6O3S. The molecule has 3 heterocycles. The first kappa shape index (κ1) is 18.1. The summed E-state index contributed by atoms with van der Waals surface area (Å²) in [4.78, 5) is 17.3. The van der Waals surface area contributed by atoms with E-state index in [0.717, 1.165) is 13.0 Å². The molecule has 1 N–H and O–H groups in total. The molecule has 2 aliphatic rings. The number of H-pyrrole nitrogens is 1.